The second-order valence-corrected chi connectivity index (χ2v) is 7.21. The summed E-state index contributed by atoms with van der Waals surface area (Å²) in [6.45, 7) is 0.431. The van der Waals surface area contributed by atoms with Crippen LogP contribution in [0.25, 0.3) is 0 Å². The summed E-state index contributed by atoms with van der Waals surface area (Å²) in [7, 11) is 0. The van der Waals surface area contributed by atoms with Gasteiger partial charge in [-0.15, -0.1) is 22.7 Å². The zero-order chi connectivity index (χ0) is 14.7. The quantitative estimate of drug-likeness (QED) is 0.643. The molecule has 0 aliphatic carbocycles. The Kier molecular flexibility index (Phi) is 4.72. The van der Waals surface area contributed by atoms with Crippen LogP contribution in [0.3, 0.4) is 0 Å². The highest BCUT2D eigenvalue weighted by Crippen LogP contribution is 2.28. The molecule has 110 valence electrons. The highest BCUT2D eigenvalue weighted by Gasteiger charge is 2.19. The molecule has 0 spiro atoms. The van der Waals surface area contributed by atoms with E-state index in [-0.39, 0.29) is 6.04 Å². The first kappa shape index (κ1) is 14.7. The number of aliphatic hydroxyl groups is 1. The molecule has 0 aromatic carbocycles. The number of halogens is 1. The van der Waals surface area contributed by atoms with E-state index in [1.54, 1.807) is 29.8 Å². The maximum atomic E-state index is 10.2. The topological polar surface area (TPSA) is 60.9 Å². The molecule has 3 heterocycles. The van der Waals surface area contributed by atoms with Gasteiger partial charge in [-0.25, -0.2) is 4.98 Å². The number of aromatic nitrogens is 2. The second kappa shape index (κ2) is 6.72. The van der Waals surface area contributed by atoms with Crippen LogP contribution in [0.1, 0.15) is 27.7 Å². The lowest BCUT2D eigenvalue weighted by Gasteiger charge is -2.17. The number of aliphatic hydroxyl groups excluding tert-OH is 1. The summed E-state index contributed by atoms with van der Waals surface area (Å²) in [6, 6.07) is 7.66. The maximum absolute atomic E-state index is 10.2. The van der Waals surface area contributed by atoms with Gasteiger partial charge < -0.3 is 15.4 Å². The van der Waals surface area contributed by atoms with E-state index < -0.39 is 6.10 Å². The SMILES string of the molecule is O[C@H](CN[C@@H](c1ncc[nH]1)c1cccs1)c1ccc(Cl)s1. The van der Waals surface area contributed by atoms with Crippen molar-refractivity contribution in [3.63, 3.8) is 0 Å². The molecule has 2 atom stereocenters. The normalized spacial score (nSPS) is 14.2. The summed E-state index contributed by atoms with van der Waals surface area (Å²) in [5, 5.41) is 15.6. The van der Waals surface area contributed by atoms with Gasteiger partial charge in [0.05, 0.1) is 4.34 Å². The van der Waals surface area contributed by atoms with Gasteiger partial charge in [0.2, 0.25) is 0 Å². The van der Waals surface area contributed by atoms with Gasteiger partial charge in [-0.3, -0.25) is 0 Å². The largest absolute Gasteiger partial charge is 0.386 e. The number of H-pyrrole nitrogens is 1. The molecule has 0 unspecified atom stereocenters. The molecule has 4 nitrogen and oxygen atoms in total. The number of hydrogen-bond donors (Lipinski definition) is 3. The minimum absolute atomic E-state index is 0.0508. The predicted molar refractivity (Wildman–Crippen MR) is 87.0 cm³/mol. The van der Waals surface area contributed by atoms with E-state index in [2.05, 4.69) is 21.4 Å². The Hall–Kier alpha value is -1.18. The van der Waals surface area contributed by atoms with Crippen molar-refractivity contribution in [1.29, 1.82) is 0 Å². The van der Waals surface area contributed by atoms with Crippen LogP contribution in [-0.2, 0) is 0 Å². The van der Waals surface area contributed by atoms with E-state index in [1.165, 1.54) is 11.3 Å². The van der Waals surface area contributed by atoms with Crippen molar-refractivity contribution < 1.29 is 5.11 Å². The van der Waals surface area contributed by atoms with Gasteiger partial charge in [-0.2, -0.15) is 0 Å². The monoisotopic (exact) mass is 339 g/mol. The van der Waals surface area contributed by atoms with Crippen molar-refractivity contribution in [2.24, 2.45) is 0 Å². The molecular formula is C14H14ClN3OS2. The minimum Gasteiger partial charge on any atom is -0.386 e. The first-order valence-electron chi connectivity index (χ1n) is 6.43. The number of imidazole rings is 1. The molecule has 3 rings (SSSR count). The van der Waals surface area contributed by atoms with E-state index in [0.29, 0.717) is 10.9 Å². The molecule has 0 amide bonds. The number of aromatic amines is 1. The van der Waals surface area contributed by atoms with Crippen LogP contribution >= 0.6 is 34.3 Å². The van der Waals surface area contributed by atoms with Gasteiger partial charge in [-0.1, -0.05) is 17.7 Å². The smallest absolute Gasteiger partial charge is 0.128 e. The molecule has 0 saturated carbocycles. The fourth-order valence-corrected chi connectivity index (χ4v) is 3.91. The minimum atomic E-state index is -0.583. The van der Waals surface area contributed by atoms with E-state index in [9.17, 15) is 5.11 Å². The molecule has 7 heteroatoms. The number of rotatable bonds is 6. The predicted octanol–water partition coefficient (Wildman–Crippen LogP) is 3.60. The van der Waals surface area contributed by atoms with Crippen LogP contribution in [0, 0.1) is 0 Å². The number of nitrogens with one attached hydrogen (secondary N) is 2. The Morgan fingerprint density at radius 1 is 1.33 bits per heavy atom. The summed E-state index contributed by atoms with van der Waals surface area (Å²) in [5.41, 5.74) is 0. The van der Waals surface area contributed by atoms with Crippen LogP contribution in [0.2, 0.25) is 4.34 Å². The maximum Gasteiger partial charge on any atom is 0.128 e. The third-order valence-electron chi connectivity index (χ3n) is 3.06. The number of nitrogens with zero attached hydrogens (tertiary/aromatic N) is 1. The van der Waals surface area contributed by atoms with E-state index >= 15 is 0 Å². The van der Waals surface area contributed by atoms with Crippen molar-refractivity contribution in [3.05, 3.63) is 62.0 Å². The van der Waals surface area contributed by atoms with Crippen LogP contribution in [-0.4, -0.2) is 21.6 Å². The summed E-state index contributed by atoms with van der Waals surface area (Å²) < 4.78 is 0.685. The number of thiophene rings is 2. The van der Waals surface area contributed by atoms with Crippen molar-refractivity contribution in [2.75, 3.05) is 6.54 Å². The van der Waals surface area contributed by atoms with Gasteiger partial charge in [0.1, 0.15) is 18.0 Å². The Morgan fingerprint density at radius 3 is 2.86 bits per heavy atom. The zero-order valence-corrected chi connectivity index (χ0v) is 13.4. The van der Waals surface area contributed by atoms with Gasteiger partial charge in [-0.05, 0) is 23.6 Å². The van der Waals surface area contributed by atoms with Crippen molar-refractivity contribution in [2.45, 2.75) is 12.1 Å². The summed E-state index contributed by atoms with van der Waals surface area (Å²) >= 11 is 8.96. The first-order valence-corrected chi connectivity index (χ1v) is 8.51. The fourth-order valence-electron chi connectivity index (χ4n) is 2.06. The molecule has 3 aromatic heterocycles. The molecule has 0 fully saturated rings. The molecular weight excluding hydrogens is 326 g/mol. The van der Waals surface area contributed by atoms with Crippen molar-refractivity contribution in [1.82, 2.24) is 15.3 Å². The molecule has 0 aliphatic rings. The van der Waals surface area contributed by atoms with Crippen LogP contribution in [0.4, 0.5) is 0 Å². The molecule has 3 aromatic rings. The fraction of sp³-hybridized carbons (Fsp3) is 0.214. The van der Waals surface area contributed by atoms with Crippen LogP contribution < -0.4 is 5.32 Å². The Morgan fingerprint density at radius 2 is 2.24 bits per heavy atom. The highest BCUT2D eigenvalue weighted by atomic mass is 35.5. The Bertz CT molecular complexity index is 632. The molecule has 21 heavy (non-hydrogen) atoms. The van der Waals surface area contributed by atoms with Gasteiger partial charge >= 0.3 is 0 Å². The number of hydrogen-bond acceptors (Lipinski definition) is 5. The lowest BCUT2D eigenvalue weighted by atomic mass is 10.2. The standard InChI is InChI=1S/C14H14ClN3OS2/c15-12-4-3-10(21-12)9(19)8-18-13(11-2-1-7-20-11)14-16-5-6-17-14/h1-7,9,13,18-19H,8H2,(H,16,17)/t9-,13-/m1/s1. The Labute approximate surface area is 135 Å². The van der Waals surface area contributed by atoms with Gasteiger partial charge in [0.15, 0.2) is 0 Å². The molecule has 0 radical (unpaired) electrons. The third-order valence-corrected chi connectivity index (χ3v) is 5.33. The van der Waals surface area contributed by atoms with Crippen LogP contribution in [0.5, 0.6) is 0 Å². The van der Waals surface area contributed by atoms with E-state index in [0.717, 1.165) is 15.6 Å². The lowest BCUT2D eigenvalue weighted by Crippen LogP contribution is -2.27. The first-order chi connectivity index (χ1) is 10.2. The molecule has 0 bridgehead atoms. The summed E-state index contributed by atoms with van der Waals surface area (Å²) in [5.74, 6) is 0.842. The average Bonchev–Trinajstić information content (AvgIpc) is 3.21. The van der Waals surface area contributed by atoms with E-state index in [4.69, 9.17) is 11.6 Å². The van der Waals surface area contributed by atoms with Crippen LogP contribution in [0.15, 0.2) is 42.0 Å². The zero-order valence-electron chi connectivity index (χ0n) is 11.0. The van der Waals surface area contributed by atoms with Gasteiger partial charge in [0, 0.05) is 28.7 Å². The second-order valence-electron chi connectivity index (χ2n) is 4.49. The lowest BCUT2D eigenvalue weighted by molar-refractivity contribution is 0.175. The Balaban J connectivity index is 1.71. The average molecular weight is 340 g/mol. The molecule has 0 saturated heterocycles. The van der Waals surface area contributed by atoms with Crippen molar-refractivity contribution in [3.8, 4) is 0 Å². The molecule has 3 N–H and O–H groups in total. The van der Waals surface area contributed by atoms with Crippen molar-refractivity contribution >= 4 is 34.3 Å². The molecule has 0 aliphatic heterocycles. The highest BCUT2D eigenvalue weighted by molar-refractivity contribution is 7.16. The summed E-state index contributed by atoms with van der Waals surface area (Å²) in [4.78, 5) is 9.45. The van der Waals surface area contributed by atoms with Gasteiger partial charge in [0.25, 0.3) is 0 Å². The van der Waals surface area contributed by atoms with E-state index in [1.807, 2.05) is 17.5 Å². The summed E-state index contributed by atoms with van der Waals surface area (Å²) in [6.07, 6.45) is 2.94. The third kappa shape index (κ3) is 3.53.